The van der Waals surface area contributed by atoms with E-state index in [-0.39, 0.29) is 10.6 Å². The lowest BCUT2D eigenvalue weighted by Gasteiger charge is -2.25. The fourth-order valence-electron chi connectivity index (χ4n) is 1.84. The third-order valence-electron chi connectivity index (χ3n) is 2.55. The van der Waals surface area contributed by atoms with Crippen LogP contribution >= 0.6 is 11.6 Å². The van der Waals surface area contributed by atoms with Gasteiger partial charge in [0.05, 0.1) is 5.69 Å². The van der Waals surface area contributed by atoms with Gasteiger partial charge in [0.1, 0.15) is 4.90 Å². The van der Waals surface area contributed by atoms with Gasteiger partial charge in [0, 0.05) is 10.6 Å². The first-order chi connectivity index (χ1) is 8.18. The number of benzene rings is 1. The van der Waals surface area contributed by atoms with E-state index in [1.165, 1.54) is 12.1 Å². The van der Waals surface area contributed by atoms with Gasteiger partial charge in [0.2, 0.25) is 10.0 Å². The van der Waals surface area contributed by atoms with Crippen molar-refractivity contribution in [1.29, 1.82) is 0 Å². The fourth-order valence-corrected chi connectivity index (χ4v) is 3.67. The molecule has 0 bridgehead atoms. The molecule has 0 amide bonds. The van der Waals surface area contributed by atoms with E-state index in [0.717, 1.165) is 12.8 Å². The van der Waals surface area contributed by atoms with Crippen LogP contribution in [0.25, 0.3) is 0 Å². The van der Waals surface area contributed by atoms with E-state index >= 15 is 0 Å². The fraction of sp³-hybridized carbons (Fsp3) is 0.500. The molecule has 6 heteroatoms. The molecule has 1 aromatic rings. The zero-order valence-corrected chi connectivity index (χ0v) is 12.4. The summed E-state index contributed by atoms with van der Waals surface area (Å²) in [6.07, 6.45) is 1.63. The smallest absolute Gasteiger partial charge is 0.243 e. The predicted octanol–water partition coefficient (Wildman–Crippen LogP) is 2.78. The predicted molar refractivity (Wildman–Crippen MR) is 75.2 cm³/mol. The third-order valence-corrected chi connectivity index (χ3v) is 4.54. The van der Waals surface area contributed by atoms with E-state index in [0.29, 0.717) is 5.02 Å². The highest BCUT2D eigenvalue weighted by Crippen LogP contribution is 2.24. The molecule has 102 valence electrons. The topological polar surface area (TPSA) is 72.2 Å². The quantitative estimate of drug-likeness (QED) is 0.819. The highest BCUT2D eigenvalue weighted by atomic mass is 35.5. The molecule has 3 N–H and O–H groups in total. The Morgan fingerprint density at radius 1 is 1.39 bits per heavy atom. The molecule has 0 aliphatic rings. The zero-order valence-electron chi connectivity index (χ0n) is 10.8. The van der Waals surface area contributed by atoms with Crippen molar-refractivity contribution >= 4 is 27.3 Å². The number of hydrogen-bond donors (Lipinski definition) is 2. The molecule has 0 aromatic heterocycles. The zero-order chi connectivity index (χ0) is 14.0. The Balaban J connectivity index is 3.11. The largest absolute Gasteiger partial charge is 0.398 e. The first-order valence-electron chi connectivity index (χ1n) is 5.77. The molecular formula is C12H19ClN2O2S. The van der Waals surface area contributed by atoms with Gasteiger partial charge in [-0.25, -0.2) is 13.1 Å². The van der Waals surface area contributed by atoms with Crippen LogP contribution in [0.1, 0.15) is 33.6 Å². The van der Waals surface area contributed by atoms with Crippen molar-refractivity contribution in [3.8, 4) is 0 Å². The summed E-state index contributed by atoms with van der Waals surface area (Å²) in [5.74, 6) is 0. The lowest BCUT2D eigenvalue weighted by molar-refractivity contribution is 0.418. The number of sulfonamides is 1. The molecule has 0 aliphatic heterocycles. The van der Waals surface area contributed by atoms with Gasteiger partial charge in [-0.05, 0) is 38.5 Å². The summed E-state index contributed by atoms with van der Waals surface area (Å²) in [5.41, 5.74) is 5.37. The molecule has 0 heterocycles. The molecule has 4 nitrogen and oxygen atoms in total. The Morgan fingerprint density at radius 3 is 2.56 bits per heavy atom. The van der Waals surface area contributed by atoms with Crippen LogP contribution in [0.2, 0.25) is 5.02 Å². The van der Waals surface area contributed by atoms with Crippen molar-refractivity contribution in [3.63, 3.8) is 0 Å². The van der Waals surface area contributed by atoms with Gasteiger partial charge in [-0.2, -0.15) is 0 Å². The average molecular weight is 291 g/mol. The van der Waals surface area contributed by atoms with E-state index < -0.39 is 15.6 Å². The first kappa shape index (κ1) is 15.3. The molecule has 1 aromatic carbocycles. The number of nitrogens with two attached hydrogens (primary N) is 1. The Kier molecular flexibility index (Phi) is 4.64. The molecule has 0 saturated heterocycles. The Hall–Kier alpha value is -0.780. The normalized spacial score (nSPS) is 12.7. The molecule has 0 fully saturated rings. The SMILES string of the molecule is CCCC(C)(C)NS(=O)(=O)c1cc(Cl)ccc1N. The van der Waals surface area contributed by atoms with E-state index in [2.05, 4.69) is 4.72 Å². The van der Waals surface area contributed by atoms with Crippen LogP contribution in [0, 0.1) is 0 Å². The number of halogens is 1. The summed E-state index contributed by atoms with van der Waals surface area (Å²) in [6.45, 7) is 5.69. The van der Waals surface area contributed by atoms with Crippen molar-refractivity contribution in [2.45, 2.75) is 44.0 Å². The molecule has 0 aliphatic carbocycles. The Labute approximate surface area is 114 Å². The monoisotopic (exact) mass is 290 g/mol. The van der Waals surface area contributed by atoms with E-state index in [9.17, 15) is 8.42 Å². The number of rotatable bonds is 5. The van der Waals surface area contributed by atoms with Gasteiger partial charge >= 0.3 is 0 Å². The minimum atomic E-state index is -3.65. The van der Waals surface area contributed by atoms with Gasteiger partial charge in [0.15, 0.2) is 0 Å². The van der Waals surface area contributed by atoms with E-state index in [1.807, 2.05) is 20.8 Å². The van der Waals surface area contributed by atoms with E-state index in [4.69, 9.17) is 17.3 Å². The van der Waals surface area contributed by atoms with Crippen LogP contribution in [0.15, 0.2) is 23.1 Å². The summed E-state index contributed by atoms with van der Waals surface area (Å²) in [7, 11) is -3.65. The second-order valence-corrected chi connectivity index (χ2v) is 7.01. The van der Waals surface area contributed by atoms with E-state index in [1.54, 1.807) is 6.07 Å². The van der Waals surface area contributed by atoms with Gasteiger partial charge in [-0.3, -0.25) is 0 Å². The molecule has 1 rings (SSSR count). The third kappa shape index (κ3) is 3.86. The summed E-state index contributed by atoms with van der Waals surface area (Å²) in [6, 6.07) is 4.41. The van der Waals surface area contributed by atoms with Gasteiger partial charge in [0.25, 0.3) is 0 Å². The lowest BCUT2D eigenvalue weighted by Crippen LogP contribution is -2.43. The summed E-state index contributed by atoms with van der Waals surface area (Å²) in [4.78, 5) is 0.0270. The van der Waals surface area contributed by atoms with Gasteiger partial charge in [-0.15, -0.1) is 0 Å². The molecule has 0 radical (unpaired) electrons. The molecular weight excluding hydrogens is 272 g/mol. The minimum Gasteiger partial charge on any atom is -0.398 e. The molecule has 0 unspecified atom stereocenters. The molecule has 18 heavy (non-hydrogen) atoms. The van der Waals surface area contributed by atoms with Crippen LogP contribution in [-0.2, 0) is 10.0 Å². The summed E-state index contributed by atoms with van der Waals surface area (Å²) in [5, 5.41) is 0.345. The highest BCUT2D eigenvalue weighted by Gasteiger charge is 2.26. The highest BCUT2D eigenvalue weighted by molar-refractivity contribution is 7.89. The maximum absolute atomic E-state index is 12.2. The molecule has 0 spiro atoms. The van der Waals surface area contributed by atoms with Gasteiger partial charge < -0.3 is 5.73 Å². The molecule has 0 saturated carbocycles. The number of anilines is 1. The first-order valence-corrected chi connectivity index (χ1v) is 7.63. The maximum Gasteiger partial charge on any atom is 0.243 e. The van der Waals surface area contributed by atoms with Crippen molar-refractivity contribution < 1.29 is 8.42 Å². The average Bonchev–Trinajstić information content (AvgIpc) is 2.19. The number of nitrogen functional groups attached to an aromatic ring is 1. The summed E-state index contributed by atoms with van der Waals surface area (Å²) < 4.78 is 27.1. The Morgan fingerprint density at radius 2 is 2.00 bits per heavy atom. The van der Waals surface area contributed by atoms with Crippen molar-refractivity contribution in [2.24, 2.45) is 0 Å². The Bertz CT molecular complexity index is 527. The number of nitrogens with one attached hydrogen (secondary N) is 1. The number of hydrogen-bond acceptors (Lipinski definition) is 3. The van der Waals surface area contributed by atoms with Crippen LogP contribution in [0.5, 0.6) is 0 Å². The van der Waals surface area contributed by atoms with Crippen LogP contribution in [0.3, 0.4) is 0 Å². The second-order valence-electron chi connectivity index (χ2n) is 4.92. The van der Waals surface area contributed by atoms with Crippen LogP contribution < -0.4 is 10.5 Å². The van der Waals surface area contributed by atoms with Crippen LogP contribution in [0.4, 0.5) is 5.69 Å². The lowest BCUT2D eigenvalue weighted by atomic mass is 10.0. The second kappa shape index (κ2) is 5.47. The minimum absolute atomic E-state index is 0.0270. The summed E-state index contributed by atoms with van der Waals surface area (Å²) >= 11 is 5.81. The molecule has 0 atom stereocenters. The van der Waals surface area contributed by atoms with Crippen molar-refractivity contribution in [2.75, 3.05) is 5.73 Å². The van der Waals surface area contributed by atoms with Crippen molar-refractivity contribution in [3.05, 3.63) is 23.2 Å². The van der Waals surface area contributed by atoms with Crippen LogP contribution in [-0.4, -0.2) is 14.0 Å². The standard InChI is InChI=1S/C12H19ClN2O2S/c1-4-7-12(2,3)15-18(16,17)11-8-9(13)5-6-10(11)14/h5-6,8,15H,4,7,14H2,1-3H3. The van der Waals surface area contributed by atoms with Crippen molar-refractivity contribution in [1.82, 2.24) is 4.72 Å². The van der Waals surface area contributed by atoms with Gasteiger partial charge in [-0.1, -0.05) is 24.9 Å². The maximum atomic E-state index is 12.2.